The Kier molecular flexibility index (Phi) is 6.05. The molecule has 0 heterocycles. The molecule has 1 atom stereocenters. The maximum absolute atomic E-state index is 13.6. The van der Waals surface area contributed by atoms with Crippen LogP contribution >= 0.6 is 0 Å². The van der Waals surface area contributed by atoms with Gasteiger partial charge in [0.25, 0.3) is 0 Å². The van der Waals surface area contributed by atoms with Crippen LogP contribution in [0.5, 0.6) is 5.75 Å². The Bertz CT molecular complexity index is 767. The second-order valence-corrected chi connectivity index (χ2v) is 5.04. The summed E-state index contributed by atoms with van der Waals surface area (Å²) in [6.07, 6.45) is -1.41. The number of carbonyl (C=O) groups excluding carboxylic acids is 3. The van der Waals surface area contributed by atoms with E-state index in [4.69, 9.17) is 10.5 Å². The molecule has 0 unspecified atom stereocenters. The first-order chi connectivity index (χ1) is 12.0. The minimum Gasteiger partial charge on any atom is -0.410 e. The van der Waals surface area contributed by atoms with Crippen molar-refractivity contribution in [2.75, 3.05) is 5.32 Å². The maximum atomic E-state index is 13.6. The van der Waals surface area contributed by atoms with Gasteiger partial charge in [-0.1, -0.05) is 30.3 Å². The largest absolute Gasteiger partial charge is 0.413 e. The Balaban J connectivity index is 2.04. The lowest BCUT2D eigenvalue weighted by molar-refractivity contribution is -0.123. The average Bonchev–Trinajstić information content (AvgIpc) is 2.56. The lowest BCUT2D eigenvalue weighted by Gasteiger charge is -2.17. The molecule has 0 saturated heterocycles. The van der Waals surface area contributed by atoms with E-state index in [-0.39, 0.29) is 11.4 Å². The fourth-order valence-electron chi connectivity index (χ4n) is 1.96. The molecule has 8 heteroatoms. The van der Waals surface area contributed by atoms with Crippen LogP contribution in [0.4, 0.5) is 14.9 Å². The molecule has 0 aliphatic rings. The van der Waals surface area contributed by atoms with Gasteiger partial charge in [-0.2, -0.15) is 0 Å². The highest BCUT2D eigenvalue weighted by molar-refractivity contribution is 5.99. The van der Waals surface area contributed by atoms with Gasteiger partial charge in [0, 0.05) is 0 Å². The summed E-state index contributed by atoms with van der Waals surface area (Å²) in [6, 6.07) is 12.3. The van der Waals surface area contributed by atoms with E-state index in [1.807, 2.05) is 0 Å². The van der Waals surface area contributed by atoms with Crippen LogP contribution in [0.15, 0.2) is 54.6 Å². The van der Waals surface area contributed by atoms with Crippen molar-refractivity contribution in [3.63, 3.8) is 0 Å². The molecule has 4 N–H and O–H groups in total. The van der Waals surface area contributed by atoms with Gasteiger partial charge in [-0.05, 0) is 24.3 Å². The molecule has 130 valence electrons. The van der Waals surface area contributed by atoms with Crippen molar-refractivity contribution in [3.05, 3.63) is 60.4 Å². The van der Waals surface area contributed by atoms with Gasteiger partial charge in [0.2, 0.25) is 11.8 Å². The first-order valence-electron chi connectivity index (χ1n) is 7.33. The molecule has 0 aliphatic heterocycles. The molecular weight excluding hydrogens is 329 g/mol. The number of ether oxygens (including phenoxy) is 1. The average molecular weight is 345 g/mol. The number of nitrogens with one attached hydrogen (secondary N) is 2. The number of rotatable bonds is 6. The van der Waals surface area contributed by atoms with E-state index in [0.717, 1.165) is 6.07 Å². The van der Waals surface area contributed by atoms with Crippen LogP contribution in [0, 0.1) is 5.82 Å². The zero-order valence-electron chi connectivity index (χ0n) is 13.1. The lowest BCUT2D eigenvalue weighted by Crippen LogP contribution is -2.47. The number of hydrogen-bond donors (Lipinski definition) is 3. The molecule has 2 aromatic rings. The van der Waals surface area contributed by atoms with Crippen molar-refractivity contribution in [3.8, 4) is 5.75 Å². The van der Waals surface area contributed by atoms with E-state index in [0.29, 0.717) is 0 Å². The quantitative estimate of drug-likeness (QED) is 0.741. The van der Waals surface area contributed by atoms with E-state index in [1.165, 1.54) is 18.2 Å². The molecule has 2 rings (SSSR count). The zero-order valence-corrected chi connectivity index (χ0v) is 13.1. The summed E-state index contributed by atoms with van der Waals surface area (Å²) in [5, 5.41) is 4.53. The normalized spacial score (nSPS) is 11.2. The second-order valence-electron chi connectivity index (χ2n) is 5.04. The molecule has 7 nitrogen and oxygen atoms in total. The van der Waals surface area contributed by atoms with Crippen LogP contribution in [0.2, 0.25) is 0 Å². The molecule has 0 spiro atoms. The number of anilines is 1. The number of para-hydroxylation sites is 2. The Labute approximate surface area is 143 Å². The molecule has 0 fully saturated rings. The van der Waals surface area contributed by atoms with Crippen LogP contribution < -0.4 is 21.1 Å². The molecule has 0 aliphatic carbocycles. The zero-order chi connectivity index (χ0) is 18.2. The minimum absolute atomic E-state index is 0.0832. The molecule has 25 heavy (non-hydrogen) atoms. The van der Waals surface area contributed by atoms with E-state index in [2.05, 4.69) is 10.6 Å². The third-order valence-electron chi connectivity index (χ3n) is 3.10. The van der Waals surface area contributed by atoms with E-state index >= 15 is 0 Å². The van der Waals surface area contributed by atoms with E-state index in [9.17, 15) is 18.8 Å². The van der Waals surface area contributed by atoms with Crippen molar-refractivity contribution in [2.45, 2.75) is 12.5 Å². The van der Waals surface area contributed by atoms with Crippen molar-refractivity contribution in [1.82, 2.24) is 5.32 Å². The first kappa shape index (κ1) is 17.9. The second kappa shape index (κ2) is 8.44. The molecule has 3 amide bonds. The van der Waals surface area contributed by atoms with Crippen LogP contribution in [-0.4, -0.2) is 23.9 Å². The summed E-state index contributed by atoms with van der Waals surface area (Å²) in [5.74, 6) is -2.00. The van der Waals surface area contributed by atoms with Crippen LogP contribution in [0.3, 0.4) is 0 Å². The van der Waals surface area contributed by atoms with Crippen LogP contribution in [0.1, 0.15) is 6.42 Å². The number of amides is 3. The highest BCUT2D eigenvalue weighted by Gasteiger charge is 2.24. The monoisotopic (exact) mass is 345 g/mol. The summed E-state index contributed by atoms with van der Waals surface area (Å²) in [4.78, 5) is 35.3. The fourth-order valence-corrected chi connectivity index (χ4v) is 1.96. The summed E-state index contributed by atoms with van der Waals surface area (Å²) in [6.45, 7) is 0. The van der Waals surface area contributed by atoms with Gasteiger partial charge in [-0.15, -0.1) is 0 Å². The highest BCUT2D eigenvalue weighted by Crippen LogP contribution is 2.13. The predicted molar refractivity (Wildman–Crippen MR) is 88.2 cm³/mol. The van der Waals surface area contributed by atoms with Gasteiger partial charge in [0.05, 0.1) is 12.1 Å². The summed E-state index contributed by atoms with van der Waals surface area (Å²) < 4.78 is 18.6. The van der Waals surface area contributed by atoms with Crippen molar-refractivity contribution < 1.29 is 23.5 Å². The summed E-state index contributed by atoms with van der Waals surface area (Å²) >= 11 is 0. The Morgan fingerprint density at radius 3 is 2.32 bits per heavy atom. The highest BCUT2D eigenvalue weighted by atomic mass is 19.1. The summed E-state index contributed by atoms with van der Waals surface area (Å²) in [7, 11) is 0. The van der Waals surface area contributed by atoms with Crippen molar-refractivity contribution >= 4 is 23.6 Å². The third-order valence-corrected chi connectivity index (χ3v) is 3.10. The molecular formula is C17H16FN3O4. The topological polar surface area (TPSA) is 111 Å². The Morgan fingerprint density at radius 1 is 1.04 bits per heavy atom. The van der Waals surface area contributed by atoms with Gasteiger partial charge in [-0.25, -0.2) is 9.18 Å². The number of hydrogen-bond acceptors (Lipinski definition) is 4. The number of benzene rings is 2. The predicted octanol–water partition coefficient (Wildman–Crippen LogP) is 1.80. The molecule has 0 saturated carbocycles. The fraction of sp³-hybridized carbons (Fsp3) is 0.118. The van der Waals surface area contributed by atoms with Gasteiger partial charge in [-0.3, -0.25) is 9.59 Å². The molecule has 0 aromatic heterocycles. The first-order valence-corrected chi connectivity index (χ1v) is 7.33. The maximum Gasteiger partial charge on any atom is 0.413 e. The minimum atomic E-state index is -1.31. The van der Waals surface area contributed by atoms with Crippen LogP contribution in [-0.2, 0) is 9.59 Å². The smallest absolute Gasteiger partial charge is 0.410 e. The number of primary amides is 1. The Hall–Kier alpha value is -3.42. The number of nitrogens with two attached hydrogens (primary N) is 1. The standard InChI is InChI=1S/C17H16FN3O4/c18-12-8-4-5-9-13(12)20-16(23)14(10-15(19)22)21-17(24)25-11-6-2-1-3-7-11/h1-9,14H,10H2,(H2,19,22)(H,20,23)(H,21,24)/t14-/m1/s1. The van der Waals surface area contributed by atoms with Gasteiger partial charge >= 0.3 is 6.09 Å². The molecule has 2 aromatic carbocycles. The third kappa shape index (κ3) is 5.61. The van der Waals surface area contributed by atoms with Crippen molar-refractivity contribution in [1.29, 1.82) is 0 Å². The van der Waals surface area contributed by atoms with E-state index in [1.54, 1.807) is 30.3 Å². The SMILES string of the molecule is NC(=O)C[C@@H](NC(=O)Oc1ccccc1)C(=O)Nc1ccccc1F. The number of carbonyl (C=O) groups is 3. The van der Waals surface area contributed by atoms with Gasteiger partial charge < -0.3 is 21.1 Å². The molecule has 0 radical (unpaired) electrons. The Morgan fingerprint density at radius 2 is 1.68 bits per heavy atom. The summed E-state index contributed by atoms with van der Waals surface area (Å²) in [5.41, 5.74) is 5.01. The lowest BCUT2D eigenvalue weighted by atomic mass is 10.1. The van der Waals surface area contributed by atoms with E-state index < -0.39 is 36.2 Å². The van der Waals surface area contributed by atoms with Crippen molar-refractivity contribution in [2.24, 2.45) is 5.73 Å². The molecule has 0 bridgehead atoms. The van der Waals surface area contributed by atoms with Crippen LogP contribution in [0.25, 0.3) is 0 Å². The number of halogens is 1. The van der Waals surface area contributed by atoms with Gasteiger partial charge in [0.1, 0.15) is 17.6 Å². The van der Waals surface area contributed by atoms with Gasteiger partial charge in [0.15, 0.2) is 0 Å².